The minimum atomic E-state index is 0.212. The third kappa shape index (κ3) is 1.97. The Bertz CT molecular complexity index is 766. The summed E-state index contributed by atoms with van der Waals surface area (Å²) in [4.78, 5) is 2.45. The summed E-state index contributed by atoms with van der Waals surface area (Å²) in [6, 6.07) is 6.91. The van der Waals surface area contributed by atoms with Crippen LogP contribution in [-0.4, -0.2) is 32.9 Å². The van der Waals surface area contributed by atoms with Gasteiger partial charge < -0.3 is 9.64 Å². The van der Waals surface area contributed by atoms with Crippen LogP contribution in [0.2, 0.25) is 0 Å². The van der Waals surface area contributed by atoms with Crippen molar-refractivity contribution in [2.75, 3.05) is 12.0 Å². The number of rotatable bonds is 3. The fraction of sp³-hybridized carbons (Fsp3) is 0.588. The van der Waals surface area contributed by atoms with Gasteiger partial charge in [0, 0.05) is 12.1 Å². The highest BCUT2D eigenvalue weighted by molar-refractivity contribution is 5.50. The van der Waals surface area contributed by atoms with E-state index in [0.717, 1.165) is 24.7 Å². The molecule has 2 unspecified atom stereocenters. The summed E-state index contributed by atoms with van der Waals surface area (Å²) in [5.41, 5.74) is 2.99. The summed E-state index contributed by atoms with van der Waals surface area (Å²) < 4.78 is 7.44. The van der Waals surface area contributed by atoms with E-state index in [1.807, 2.05) is 6.07 Å². The molecular formula is C17H21N5O. The Morgan fingerprint density at radius 2 is 2.09 bits per heavy atom. The Labute approximate surface area is 135 Å². The number of hydrogen-bond donors (Lipinski definition) is 0. The van der Waals surface area contributed by atoms with Gasteiger partial charge in [0.05, 0.1) is 13.2 Å². The monoisotopic (exact) mass is 311 g/mol. The lowest BCUT2D eigenvalue weighted by molar-refractivity contribution is 0.412. The van der Waals surface area contributed by atoms with E-state index in [-0.39, 0.29) is 5.54 Å². The van der Waals surface area contributed by atoms with Crippen LogP contribution >= 0.6 is 0 Å². The molecule has 2 heterocycles. The zero-order chi connectivity index (χ0) is 15.6. The van der Waals surface area contributed by atoms with Crippen molar-refractivity contribution in [1.82, 2.24) is 20.2 Å². The van der Waals surface area contributed by atoms with Gasteiger partial charge in [0.1, 0.15) is 5.75 Å². The molecule has 2 fully saturated rings. The lowest BCUT2D eigenvalue weighted by Gasteiger charge is -2.38. The zero-order valence-electron chi connectivity index (χ0n) is 13.6. The average Bonchev–Trinajstić information content (AvgIpc) is 3.44. The van der Waals surface area contributed by atoms with E-state index < -0.39 is 0 Å². The van der Waals surface area contributed by atoms with E-state index in [2.05, 4.69) is 44.2 Å². The van der Waals surface area contributed by atoms with E-state index in [1.165, 1.54) is 30.4 Å². The van der Waals surface area contributed by atoms with Crippen molar-refractivity contribution < 1.29 is 4.74 Å². The summed E-state index contributed by atoms with van der Waals surface area (Å²) in [6.07, 6.45) is 4.69. The van der Waals surface area contributed by atoms with Gasteiger partial charge in [0.2, 0.25) is 5.95 Å². The molecule has 0 saturated heterocycles. The quantitative estimate of drug-likeness (QED) is 0.871. The highest BCUT2D eigenvalue weighted by Crippen LogP contribution is 2.52. The second kappa shape index (κ2) is 4.46. The van der Waals surface area contributed by atoms with E-state index in [1.54, 1.807) is 7.11 Å². The molecule has 2 aromatic rings. The first-order chi connectivity index (χ1) is 11.2. The fourth-order valence-corrected chi connectivity index (χ4v) is 3.93. The second-order valence-corrected chi connectivity index (χ2v) is 7.33. The lowest BCUT2D eigenvalue weighted by Crippen LogP contribution is -2.44. The third-order valence-corrected chi connectivity index (χ3v) is 5.76. The van der Waals surface area contributed by atoms with Crippen LogP contribution in [0, 0.1) is 5.92 Å². The van der Waals surface area contributed by atoms with Crippen LogP contribution in [0.4, 0.5) is 5.95 Å². The number of fused-ring (bicyclic) bond motifs is 1. The van der Waals surface area contributed by atoms with Crippen molar-refractivity contribution in [1.29, 1.82) is 0 Å². The molecule has 2 atom stereocenters. The fourth-order valence-electron chi connectivity index (χ4n) is 3.93. The Balaban J connectivity index is 1.53. The van der Waals surface area contributed by atoms with Crippen LogP contribution in [0.15, 0.2) is 18.2 Å². The number of nitrogens with zero attached hydrogens (tertiary/aromatic N) is 5. The summed E-state index contributed by atoms with van der Waals surface area (Å²) in [5.74, 6) is 2.59. The molecule has 6 heteroatoms. The SMILES string of the molecule is COc1ccc2c(c1)CC1(CC1)N(c1nnnn1C1CC1C)C2. The lowest BCUT2D eigenvalue weighted by atomic mass is 9.92. The van der Waals surface area contributed by atoms with Crippen LogP contribution in [0.1, 0.15) is 43.4 Å². The van der Waals surface area contributed by atoms with Gasteiger partial charge in [-0.25, -0.2) is 4.68 Å². The molecule has 23 heavy (non-hydrogen) atoms. The molecule has 0 radical (unpaired) electrons. The second-order valence-electron chi connectivity index (χ2n) is 7.33. The standard InChI is InChI=1S/C17H21N5O/c1-11-7-15(11)22-16(18-19-20-22)21-10-12-3-4-14(23-2)8-13(12)9-17(21)5-6-17/h3-4,8,11,15H,5-7,9-10H2,1-2H3. The Morgan fingerprint density at radius 1 is 1.26 bits per heavy atom. The molecule has 0 amide bonds. The molecule has 2 aliphatic carbocycles. The van der Waals surface area contributed by atoms with Crippen LogP contribution in [0.25, 0.3) is 0 Å². The normalized spacial score (nSPS) is 27.0. The molecular weight excluding hydrogens is 290 g/mol. The van der Waals surface area contributed by atoms with Gasteiger partial charge in [0.15, 0.2) is 0 Å². The Morgan fingerprint density at radius 3 is 2.78 bits per heavy atom. The average molecular weight is 311 g/mol. The summed E-state index contributed by atoms with van der Waals surface area (Å²) in [5, 5.41) is 12.6. The van der Waals surface area contributed by atoms with Crippen molar-refractivity contribution in [3.8, 4) is 5.75 Å². The smallest absolute Gasteiger partial charge is 0.246 e. The molecule has 1 aliphatic heterocycles. The number of tetrazole rings is 1. The molecule has 0 N–H and O–H groups in total. The van der Waals surface area contributed by atoms with Gasteiger partial charge in [-0.2, -0.15) is 0 Å². The molecule has 1 aromatic carbocycles. The van der Waals surface area contributed by atoms with Crippen LogP contribution in [0.3, 0.4) is 0 Å². The van der Waals surface area contributed by atoms with Gasteiger partial charge in [-0.15, -0.1) is 0 Å². The maximum absolute atomic E-state index is 5.39. The maximum Gasteiger partial charge on any atom is 0.246 e. The molecule has 3 aliphatic rings. The maximum atomic E-state index is 5.39. The predicted octanol–water partition coefficient (Wildman–Crippen LogP) is 2.36. The highest BCUT2D eigenvalue weighted by atomic mass is 16.5. The van der Waals surface area contributed by atoms with Crippen molar-refractivity contribution in [2.24, 2.45) is 5.92 Å². The molecule has 120 valence electrons. The highest BCUT2D eigenvalue weighted by Gasteiger charge is 2.53. The molecule has 6 nitrogen and oxygen atoms in total. The number of benzene rings is 1. The first kappa shape index (κ1) is 13.3. The van der Waals surface area contributed by atoms with Gasteiger partial charge in [-0.05, 0) is 65.3 Å². The van der Waals surface area contributed by atoms with E-state index in [4.69, 9.17) is 4.74 Å². The number of anilines is 1. The predicted molar refractivity (Wildman–Crippen MR) is 85.5 cm³/mol. The van der Waals surface area contributed by atoms with Crippen molar-refractivity contribution in [2.45, 2.75) is 50.7 Å². The molecule has 2 saturated carbocycles. The summed E-state index contributed by atoms with van der Waals surface area (Å²) in [7, 11) is 1.73. The largest absolute Gasteiger partial charge is 0.497 e. The summed E-state index contributed by atoms with van der Waals surface area (Å²) in [6.45, 7) is 3.15. The Kier molecular flexibility index (Phi) is 2.59. The van der Waals surface area contributed by atoms with Crippen LogP contribution < -0.4 is 9.64 Å². The summed E-state index contributed by atoms with van der Waals surface area (Å²) >= 11 is 0. The number of hydrogen-bond acceptors (Lipinski definition) is 5. The topological polar surface area (TPSA) is 56.1 Å². The minimum absolute atomic E-state index is 0.212. The van der Waals surface area contributed by atoms with Crippen LogP contribution in [-0.2, 0) is 13.0 Å². The van der Waals surface area contributed by atoms with Gasteiger partial charge in [-0.3, -0.25) is 0 Å². The van der Waals surface area contributed by atoms with Crippen molar-refractivity contribution in [3.05, 3.63) is 29.3 Å². The number of aromatic nitrogens is 4. The first-order valence-corrected chi connectivity index (χ1v) is 8.41. The Hall–Kier alpha value is -2.11. The van der Waals surface area contributed by atoms with Gasteiger partial charge in [0.25, 0.3) is 0 Å². The molecule has 0 bridgehead atoms. The molecule has 1 spiro atoms. The van der Waals surface area contributed by atoms with Gasteiger partial charge >= 0.3 is 0 Å². The van der Waals surface area contributed by atoms with E-state index in [9.17, 15) is 0 Å². The first-order valence-electron chi connectivity index (χ1n) is 8.41. The molecule has 1 aromatic heterocycles. The number of ether oxygens (including phenoxy) is 1. The van der Waals surface area contributed by atoms with Crippen LogP contribution in [0.5, 0.6) is 5.75 Å². The zero-order valence-corrected chi connectivity index (χ0v) is 13.6. The van der Waals surface area contributed by atoms with Crippen molar-refractivity contribution in [3.63, 3.8) is 0 Å². The third-order valence-electron chi connectivity index (χ3n) is 5.76. The minimum Gasteiger partial charge on any atom is -0.497 e. The molecule has 5 rings (SSSR count). The van der Waals surface area contributed by atoms with E-state index >= 15 is 0 Å². The van der Waals surface area contributed by atoms with E-state index in [0.29, 0.717) is 12.0 Å². The van der Waals surface area contributed by atoms with Crippen molar-refractivity contribution >= 4 is 5.95 Å². The number of methoxy groups -OCH3 is 1. The van der Waals surface area contributed by atoms with Gasteiger partial charge in [-0.1, -0.05) is 18.1 Å².